The van der Waals surface area contributed by atoms with E-state index in [0.29, 0.717) is 17.9 Å². The van der Waals surface area contributed by atoms with Crippen molar-refractivity contribution in [3.8, 4) is 0 Å². The molecule has 1 aliphatic heterocycles. The number of hydrogen-bond acceptors (Lipinski definition) is 6. The molecule has 1 saturated heterocycles. The van der Waals surface area contributed by atoms with E-state index >= 15 is 0 Å². The fourth-order valence-electron chi connectivity index (χ4n) is 2.41. The van der Waals surface area contributed by atoms with Gasteiger partial charge in [-0.15, -0.1) is 0 Å². The molecular weight excluding hydrogens is 330 g/mol. The summed E-state index contributed by atoms with van der Waals surface area (Å²) >= 11 is 1.49. The maximum atomic E-state index is 12.6. The van der Waals surface area contributed by atoms with Crippen LogP contribution in [0, 0.1) is 5.92 Å². The van der Waals surface area contributed by atoms with Gasteiger partial charge < -0.3 is 9.47 Å². The molecule has 1 aromatic carbocycles. The average molecular weight is 351 g/mol. The monoisotopic (exact) mass is 351 g/mol. The van der Waals surface area contributed by atoms with Crippen molar-refractivity contribution < 1.29 is 23.9 Å². The quantitative estimate of drug-likeness (QED) is 0.555. The minimum Gasteiger partial charge on any atom is -0.469 e. The molecule has 1 fully saturated rings. The Morgan fingerprint density at radius 1 is 1.38 bits per heavy atom. The zero-order valence-corrected chi connectivity index (χ0v) is 14.6. The first-order valence-corrected chi connectivity index (χ1v) is 8.89. The van der Waals surface area contributed by atoms with Crippen molar-refractivity contribution in [1.82, 2.24) is 4.90 Å². The number of esters is 1. The normalized spacial score (nSPS) is 18.2. The van der Waals surface area contributed by atoms with Crippen molar-refractivity contribution in [2.24, 2.45) is 5.92 Å². The molecule has 0 bridgehead atoms. The van der Waals surface area contributed by atoms with Gasteiger partial charge in [0, 0.05) is 17.4 Å². The number of amides is 2. The summed E-state index contributed by atoms with van der Waals surface area (Å²) in [5, 5.41) is 0. The van der Waals surface area contributed by atoms with E-state index in [1.807, 2.05) is 30.3 Å². The van der Waals surface area contributed by atoms with Crippen molar-refractivity contribution >= 4 is 29.7 Å². The SMILES string of the molecule is COC(=O)CCSC[C@@H](C)C(=O)N1C(=O)OC[C@@H]1c1ccccc1. The van der Waals surface area contributed by atoms with Gasteiger partial charge in [-0.1, -0.05) is 37.3 Å². The molecule has 24 heavy (non-hydrogen) atoms. The number of nitrogens with zero attached hydrogens (tertiary/aromatic N) is 1. The van der Waals surface area contributed by atoms with E-state index in [-0.39, 0.29) is 30.4 Å². The number of benzene rings is 1. The summed E-state index contributed by atoms with van der Waals surface area (Å²) in [7, 11) is 1.35. The lowest BCUT2D eigenvalue weighted by Crippen LogP contribution is -2.38. The summed E-state index contributed by atoms with van der Waals surface area (Å²) in [5.74, 6) is 0.244. The Kier molecular flexibility index (Phi) is 6.66. The van der Waals surface area contributed by atoms with Crippen LogP contribution in [0.4, 0.5) is 4.79 Å². The molecule has 2 rings (SSSR count). The second kappa shape index (κ2) is 8.73. The molecule has 6 nitrogen and oxygen atoms in total. The smallest absolute Gasteiger partial charge is 0.417 e. The second-order valence-electron chi connectivity index (χ2n) is 5.51. The summed E-state index contributed by atoms with van der Waals surface area (Å²) < 4.78 is 9.65. The molecule has 0 aliphatic carbocycles. The van der Waals surface area contributed by atoms with Crippen molar-refractivity contribution in [3.05, 3.63) is 35.9 Å². The van der Waals surface area contributed by atoms with Gasteiger partial charge in [-0.3, -0.25) is 9.59 Å². The fraction of sp³-hybridized carbons (Fsp3) is 0.471. The third kappa shape index (κ3) is 4.50. The number of imide groups is 1. The number of carbonyl (C=O) groups is 3. The minimum atomic E-state index is -0.597. The molecule has 1 aromatic rings. The lowest BCUT2D eigenvalue weighted by Gasteiger charge is -2.23. The number of ether oxygens (including phenoxy) is 2. The third-order valence-corrected chi connectivity index (χ3v) is 4.99. The molecule has 2 amide bonds. The van der Waals surface area contributed by atoms with Crippen LogP contribution in [0.2, 0.25) is 0 Å². The molecule has 0 unspecified atom stereocenters. The highest BCUT2D eigenvalue weighted by molar-refractivity contribution is 7.99. The Morgan fingerprint density at radius 3 is 2.75 bits per heavy atom. The van der Waals surface area contributed by atoms with Crippen LogP contribution < -0.4 is 0 Å². The van der Waals surface area contributed by atoms with Gasteiger partial charge in [0.1, 0.15) is 12.6 Å². The van der Waals surface area contributed by atoms with Crippen molar-refractivity contribution in [2.45, 2.75) is 19.4 Å². The zero-order chi connectivity index (χ0) is 17.5. The Morgan fingerprint density at radius 2 is 2.08 bits per heavy atom. The molecule has 1 aliphatic rings. The van der Waals surface area contributed by atoms with Crippen LogP contribution >= 0.6 is 11.8 Å². The van der Waals surface area contributed by atoms with Crippen LogP contribution in [0.5, 0.6) is 0 Å². The highest BCUT2D eigenvalue weighted by atomic mass is 32.2. The van der Waals surface area contributed by atoms with E-state index in [9.17, 15) is 14.4 Å². The molecule has 0 radical (unpaired) electrons. The number of cyclic esters (lactones) is 1. The van der Waals surface area contributed by atoms with Gasteiger partial charge in [-0.05, 0) is 5.56 Å². The van der Waals surface area contributed by atoms with Crippen molar-refractivity contribution in [1.29, 1.82) is 0 Å². The molecule has 0 N–H and O–H groups in total. The van der Waals surface area contributed by atoms with E-state index in [1.54, 1.807) is 6.92 Å². The lowest BCUT2D eigenvalue weighted by molar-refractivity contribution is -0.140. The largest absolute Gasteiger partial charge is 0.469 e. The number of thioether (sulfide) groups is 1. The first-order chi connectivity index (χ1) is 11.5. The zero-order valence-electron chi connectivity index (χ0n) is 13.8. The molecular formula is C17H21NO5S. The number of carbonyl (C=O) groups excluding carboxylic acids is 3. The standard InChI is InChI=1S/C17H21NO5S/c1-12(11-24-9-8-15(19)22-2)16(20)18-14(10-23-17(18)21)13-6-4-3-5-7-13/h3-7,12,14H,8-11H2,1-2H3/t12-,14-/m1/s1. The van der Waals surface area contributed by atoms with E-state index in [1.165, 1.54) is 23.8 Å². The minimum absolute atomic E-state index is 0.177. The summed E-state index contributed by atoms with van der Waals surface area (Å²) in [5.41, 5.74) is 0.877. The Hall–Kier alpha value is -2.02. The van der Waals surface area contributed by atoms with Crippen molar-refractivity contribution in [2.75, 3.05) is 25.2 Å². The van der Waals surface area contributed by atoms with Gasteiger partial charge in [-0.25, -0.2) is 9.69 Å². The topological polar surface area (TPSA) is 72.9 Å². The maximum absolute atomic E-state index is 12.6. The van der Waals surface area contributed by atoms with Crippen molar-refractivity contribution in [3.63, 3.8) is 0 Å². The van der Waals surface area contributed by atoms with Crippen LogP contribution in [-0.2, 0) is 19.1 Å². The number of rotatable bonds is 7. The Bertz CT molecular complexity index is 592. The van der Waals surface area contributed by atoms with Gasteiger partial charge in [-0.2, -0.15) is 11.8 Å². The number of methoxy groups -OCH3 is 1. The molecule has 0 aromatic heterocycles. The number of hydrogen-bond donors (Lipinski definition) is 0. The first-order valence-electron chi connectivity index (χ1n) is 7.74. The van der Waals surface area contributed by atoms with E-state index < -0.39 is 6.09 Å². The summed E-state index contributed by atoms with van der Waals surface area (Å²) in [4.78, 5) is 36.9. The Labute approximate surface area is 145 Å². The fourth-order valence-corrected chi connectivity index (χ4v) is 3.39. The van der Waals surface area contributed by atoms with Crippen LogP contribution in [0.15, 0.2) is 30.3 Å². The van der Waals surface area contributed by atoms with Crippen LogP contribution in [0.3, 0.4) is 0 Å². The van der Waals surface area contributed by atoms with E-state index in [4.69, 9.17) is 4.74 Å². The van der Waals surface area contributed by atoms with Gasteiger partial charge >= 0.3 is 12.1 Å². The summed E-state index contributed by atoms with van der Waals surface area (Å²) in [6, 6.07) is 8.99. The summed E-state index contributed by atoms with van der Waals surface area (Å²) in [6.45, 7) is 1.96. The van der Waals surface area contributed by atoms with Gasteiger partial charge in [0.05, 0.1) is 13.5 Å². The predicted molar refractivity (Wildman–Crippen MR) is 90.5 cm³/mol. The molecule has 1 heterocycles. The van der Waals surface area contributed by atoms with Gasteiger partial charge in [0.15, 0.2) is 0 Å². The average Bonchev–Trinajstić information content (AvgIpc) is 2.99. The van der Waals surface area contributed by atoms with E-state index in [2.05, 4.69) is 4.74 Å². The molecule has 130 valence electrons. The maximum Gasteiger partial charge on any atom is 0.417 e. The first kappa shape index (κ1) is 18.3. The lowest BCUT2D eigenvalue weighted by atomic mass is 10.1. The highest BCUT2D eigenvalue weighted by Gasteiger charge is 2.40. The second-order valence-corrected chi connectivity index (χ2v) is 6.66. The predicted octanol–water partition coefficient (Wildman–Crippen LogP) is 2.64. The molecule has 0 saturated carbocycles. The van der Waals surface area contributed by atoms with Gasteiger partial charge in [0.25, 0.3) is 0 Å². The molecule has 0 spiro atoms. The van der Waals surface area contributed by atoms with Gasteiger partial charge in [0.2, 0.25) is 5.91 Å². The third-order valence-electron chi connectivity index (χ3n) is 3.76. The molecule has 7 heteroatoms. The highest BCUT2D eigenvalue weighted by Crippen LogP contribution is 2.29. The Balaban J connectivity index is 1.93. The molecule has 2 atom stereocenters. The van der Waals surface area contributed by atoms with E-state index in [0.717, 1.165) is 5.56 Å². The van der Waals surface area contributed by atoms with Crippen LogP contribution in [0.25, 0.3) is 0 Å². The summed E-state index contributed by atoms with van der Waals surface area (Å²) in [6.07, 6.45) is -0.291. The van der Waals surface area contributed by atoms with Crippen LogP contribution in [-0.4, -0.2) is 48.1 Å². The van der Waals surface area contributed by atoms with Crippen LogP contribution in [0.1, 0.15) is 24.9 Å².